The maximum Gasteiger partial charge on any atom is 0.293 e. The fourth-order valence-electron chi connectivity index (χ4n) is 2.42. The molecule has 1 aliphatic rings. The van der Waals surface area contributed by atoms with Crippen LogP contribution in [0, 0.1) is 0 Å². The van der Waals surface area contributed by atoms with Gasteiger partial charge in [0.1, 0.15) is 5.60 Å². The van der Waals surface area contributed by atoms with E-state index in [1.54, 1.807) is 0 Å². The minimum atomic E-state index is -0.318. The van der Waals surface area contributed by atoms with Gasteiger partial charge in [0.05, 0.1) is 0 Å². The first kappa shape index (κ1) is 18.7. The number of nitrogens with one attached hydrogen (secondary N) is 1. The summed E-state index contributed by atoms with van der Waals surface area (Å²) in [7, 11) is 0. The van der Waals surface area contributed by atoms with Crippen molar-refractivity contribution in [3.05, 3.63) is 35.4 Å². The Morgan fingerprint density at radius 3 is 2.23 bits per heavy atom. The summed E-state index contributed by atoms with van der Waals surface area (Å²) in [5.41, 5.74) is 8.07. The van der Waals surface area contributed by atoms with Gasteiger partial charge in [-0.05, 0) is 76.7 Å². The maximum atomic E-state index is 9.60. The van der Waals surface area contributed by atoms with E-state index in [4.69, 9.17) is 5.73 Å². The molecule has 1 aliphatic heterocycles. The number of nitrogens with two attached hydrogens (primary N) is 1. The number of hydrogen-bond donors (Lipinski definition) is 2. The zero-order chi connectivity index (χ0) is 16.4. The number of benzene rings is 1. The highest BCUT2D eigenvalue weighted by atomic mass is 16.5. The molecule has 4 nitrogen and oxygen atoms in total. The molecule has 0 spiro atoms. The van der Waals surface area contributed by atoms with Crippen LogP contribution in [0.15, 0.2) is 24.3 Å². The second kappa shape index (κ2) is 9.59. The highest BCUT2D eigenvalue weighted by molar-refractivity contribution is 5.37. The Hall–Kier alpha value is -1.39. The van der Waals surface area contributed by atoms with Gasteiger partial charge < -0.3 is 15.8 Å². The van der Waals surface area contributed by atoms with Crippen LogP contribution in [-0.4, -0.2) is 31.7 Å². The van der Waals surface area contributed by atoms with Gasteiger partial charge in [-0.15, -0.1) is 0 Å². The Kier molecular flexibility index (Phi) is 8.13. The second-order valence-corrected chi connectivity index (χ2v) is 6.63. The van der Waals surface area contributed by atoms with Gasteiger partial charge >= 0.3 is 0 Å². The van der Waals surface area contributed by atoms with Crippen LogP contribution in [0.3, 0.4) is 0 Å². The molecule has 22 heavy (non-hydrogen) atoms. The molecule has 3 N–H and O–H groups in total. The van der Waals surface area contributed by atoms with E-state index in [0.717, 1.165) is 32.0 Å². The Balaban J connectivity index is 0.000000295. The van der Waals surface area contributed by atoms with E-state index in [-0.39, 0.29) is 5.60 Å². The quantitative estimate of drug-likeness (QED) is 0.839. The van der Waals surface area contributed by atoms with Gasteiger partial charge in [-0.3, -0.25) is 4.79 Å². The van der Waals surface area contributed by atoms with Crippen molar-refractivity contribution in [2.24, 2.45) is 5.73 Å². The molecule has 124 valence electrons. The average molecular weight is 306 g/mol. The standard InChI is InChI=1S/C13H20N2.C5H10O2/c14-8-5-11-1-3-12(4-2-11)13-6-9-15-10-7-13;1-5(2,3)7-4-6/h1-4,13,15H,5-10,14H2;4H,1-3H3. The molecule has 1 aromatic rings. The normalized spacial score (nSPS) is 15.6. The zero-order valence-electron chi connectivity index (χ0n) is 14.1. The first-order valence-corrected chi connectivity index (χ1v) is 8.07. The average Bonchev–Trinajstić information content (AvgIpc) is 2.49. The SMILES string of the molecule is CC(C)(C)OC=O.NCCc1ccc(C2CCNCC2)cc1. The number of hydrogen-bond acceptors (Lipinski definition) is 4. The fourth-order valence-corrected chi connectivity index (χ4v) is 2.42. The lowest BCUT2D eigenvalue weighted by Gasteiger charge is -2.23. The minimum absolute atomic E-state index is 0.318. The van der Waals surface area contributed by atoms with Gasteiger partial charge in [-0.25, -0.2) is 0 Å². The number of piperidine rings is 1. The van der Waals surface area contributed by atoms with Crippen LogP contribution in [0.1, 0.15) is 50.7 Å². The molecule has 0 unspecified atom stereocenters. The lowest BCUT2D eigenvalue weighted by atomic mass is 9.89. The first-order valence-electron chi connectivity index (χ1n) is 8.07. The highest BCUT2D eigenvalue weighted by Gasteiger charge is 2.14. The Morgan fingerprint density at radius 2 is 1.82 bits per heavy atom. The predicted octanol–water partition coefficient (Wildman–Crippen LogP) is 2.61. The summed E-state index contributed by atoms with van der Waals surface area (Å²) in [4.78, 5) is 9.60. The van der Waals surface area contributed by atoms with E-state index >= 15 is 0 Å². The summed E-state index contributed by atoms with van der Waals surface area (Å²) < 4.78 is 4.55. The number of ether oxygens (including phenoxy) is 1. The van der Waals surface area contributed by atoms with E-state index < -0.39 is 0 Å². The number of rotatable bonds is 4. The van der Waals surface area contributed by atoms with Gasteiger partial charge in [-0.2, -0.15) is 0 Å². The largest absolute Gasteiger partial charge is 0.462 e. The van der Waals surface area contributed by atoms with E-state index in [1.165, 1.54) is 24.0 Å². The maximum absolute atomic E-state index is 9.60. The van der Waals surface area contributed by atoms with E-state index in [2.05, 4.69) is 34.3 Å². The van der Waals surface area contributed by atoms with Crippen molar-refractivity contribution in [2.45, 2.75) is 51.6 Å². The molecule has 0 saturated carbocycles. The van der Waals surface area contributed by atoms with Crippen LogP contribution in [-0.2, 0) is 16.0 Å². The van der Waals surface area contributed by atoms with E-state index in [9.17, 15) is 4.79 Å². The molecule has 0 radical (unpaired) electrons. The van der Waals surface area contributed by atoms with Gasteiger partial charge in [0.25, 0.3) is 6.47 Å². The summed E-state index contributed by atoms with van der Waals surface area (Å²) in [5, 5.41) is 3.40. The van der Waals surface area contributed by atoms with Gasteiger partial charge in [-0.1, -0.05) is 24.3 Å². The molecule has 0 atom stereocenters. The first-order chi connectivity index (χ1) is 10.5. The molecule has 0 aromatic heterocycles. The summed E-state index contributed by atoms with van der Waals surface area (Å²) in [6, 6.07) is 9.01. The van der Waals surface area contributed by atoms with Crippen LogP contribution in [0.5, 0.6) is 0 Å². The summed E-state index contributed by atoms with van der Waals surface area (Å²) >= 11 is 0. The van der Waals surface area contributed by atoms with Crippen molar-refractivity contribution in [3.63, 3.8) is 0 Å². The lowest BCUT2D eigenvalue weighted by Crippen LogP contribution is -2.26. The van der Waals surface area contributed by atoms with Crippen LogP contribution in [0.4, 0.5) is 0 Å². The third kappa shape index (κ3) is 7.57. The van der Waals surface area contributed by atoms with Crippen LogP contribution in [0.25, 0.3) is 0 Å². The number of carbonyl (C=O) groups excluding carboxylic acids is 1. The van der Waals surface area contributed by atoms with Crippen molar-refractivity contribution >= 4 is 6.47 Å². The molecule has 0 amide bonds. The summed E-state index contributed by atoms with van der Waals surface area (Å²) in [5.74, 6) is 0.762. The monoisotopic (exact) mass is 306 g/mol. The van der Waals surface area contributed by atoms with Crippen molar-refractivity contribution in [1.29, 1.82) is 0 Å². The van der Waals surface area contributed by atoms with Crippen molar-refractivity contribution < 1.29 is 9.53 Å². The Bertz CT molecular complexity index is 418. The second-order valence-electron chi connectivity index (χ2n) is 6.63. The van der Waals surface area contributed by atoms with E-state index in [1.807, 2.05) is 20.8 Å². The van der Waals surface area contributed by atoms with Crippen molar-refractivity contribution in [1.82, 2.24) is 5.32 Å². The van der Waals surface area contributed by atoms with Gasteiger partial charge in [0, 0.05) is 0 Å². The molecule has 0 bridgehead atoms. The van der Waals surface area contributed by atoms with Gasteiger partial charge in [0.2, 0.25) is 0 Å². The van der Waals surface area contributed by atoms with Crippen LogP contribution < -0.4 is 11.1 Å². The third-order valence-electron chi connectivity index (χ3n) is 3.62. The predicted molar refractivity (Wildman–Crippen MR) is 90.9 cm³/mol. The molecular formula is C18H30N2O2. The smallest absolute Gasteiger partial charge is 0.293 e. The zero-order valence-corrected chi connectivity index (χ0v) is 14.1. The van der Waals surface area contributed by atoms with E-state index in [0.29, 0.717) is 6.47 Å². The Morgan fingerprint density at radius 1 is 1.23 bits per heavy atom. The Labute approximate surface area is 134 Å². The molecule has 1 saturated heterocycles. The third-order valence-corrected chi connectivity index (χ3v) is 3.62. The highest BCUT2D eigenvalue weighted by Crippen LogP contribution is 2.25. The van der Waals surface area contributed by atoms with Crippen molar-refractivity contribution in [2.75, 3.05) is 19.6 Å². The van der Waals surface area contributed by atoms with Crippen LogP contribution >= 0.6 is 0 Å². The molecular weight excluding hydrogens is 276 g/mol. The lowest BCUT2D eigenvalue weighted by molar-refractivity contribution is -0.138. The minimum Gasteiger partial charge on any atom is -0.462 e. The molecule has 0 aliphatic carbocycles. The summed E-state index contributed by atoms with van der Waals surface area (Å²) in [6.07, 6.45) is 3.54. The fraction of sp³-hybridized carbons (Fsp3) is 0.611. The molecule has 2 rings (SSSR count). The molecule has 4 heteroatoms. The molecule has 1 aromatic carbocycles. The van der Waals surface area contributed by atoms with Crippen molar-refractivity contribution in [3.8, 4) is 0 Å². The van der Waals surface area contributed by atoms with Crippen LogP contribution in [0.2, 0.25) is 0 Å². The molecule has 1 heterocycles. The topological polar surface area (TPSA) is 64.3 Å². The molecule has 1 fully saturated rings. The summed E-state index contributed by atoms with van der Waals surface area (Å²) in [6.45, 7) is 8.99. The van der Waals surface area contributed by atoms with Gasteiger partial charge in [0.15, 0.2) is 0 Å². The number of carbonyl (C=O) groups is 1.